The first-order valence-electron chi connectivity index (χ1n) is 6.98. The summed E-state index contributed by atoms with van der Waals surface area (Å²) in [5.41, 5.74) is -4.01. The molecule has 1 aromatic carbocycles. The zero-order valence-electron chi connectivity index (χ0n) is 12.7. The third kappa shape index (κ3) is 3.58. The van der Waals surface area contributed by atoms with Crippen LogP contribution in [-0.4, -0.2) is 48.2 Å². The molecule has 2 N–H and O–H groups in total. The summed E-state index contributed by atoms with van der Waals surface area (Å²) in [6.07, 6.45) is -10.0. The van der Waals surface area contributed by atoms with Gasteiger partial charge in [-0.3, -0.25) is 14.5 Å². The average Bonchev–Trinajstić information content (AvgIpc) is 2.78. The number of carbonyl (C=O) groups is 3. The zero-order chi connectivity index (χ0) is 19.8. The highest BCUT2D eigenvalue weighted by Gasteiger charge is 2.68. The quantitative estimate of drug-likeness (QED) is 0.614. The molecular weight excluding hydrogens is 372 g/mol. The number of imide groups is 1. The van der Waals surface area contributed by atoms with Crippen LogP contribution in [0.1, 0.15) is 5.56 Å². The van der Waals surface area contributed by atoms with E-state index < -0.39 is 54.4 Å². The summed E-state index contributed by atoms with van der Waals surface area (Å²) in [5, 5.41) is 2.89. The van der Waals surface area contributed by atoms with Crippen LogP contribution in [0, 0.1) is 0 Å². The van der Waals surface area contributed by atoms with Crippen molar-refractivity contribution in [3.8, 4) is 0 Å². The van der Waals surface area contributed by atoms with Crippen LogP contribution in [0.5, 0.6) is 0 Å². The molecule has 6 nitrogen and oxygen atoms in total. The molecule has 12 heteroatoms. The molecule has 1 fully saturated rings. The number of nitrogens with one attached hydrogen (secondary N) is 2. The lowest BCUT2D eigenvalue weighted by Gasteiger charge is -2.29. The topological polar surface area (TPSA) is 78.5 Å². The first-order valence-corrected chi connectivity index (χ1v) is 6.98. The number of amides is 4. The van der Waals surface area contributed by atoms with E-state index in [0.717, 1.165) is 12.1 Å². The normalized spacial score (nSPS) is 20.9. The lowest BCUT2D eigenvalue weighted by Crippen LogP contribution is -2.56. The van der Waals surface area contributed by atoms with Gasteiger partial charge >= 0.3 is 18.4 Å². The Labute approximate surface area is 142 Å². The van der Waals surface area contributed by atoms with E-state index in [1.807, 2.05) is 0 Å². The molecule has 1 saturated heterocycles. The SMILES string of the molecule is O=C(CN1C(=O)NC(c2ccccc2)(C(F)(F)F)C1=O)NCC(F)(F)F. The zero-order valence-corrected chi connectivity index (χ0v) is 12.7. The van der Waals surface area contributed by atoms with Crippen molar-refractivity contribution in [2.24, 2.45) is 0 Å². The van der Waals surface area contributed by atoms with Crippen LogP contribution in [0.15, 0.2) is 30.3 Å². The number of hydrogen-bond acceptors (Lipinski definition) is 3. The number of alkyl halides is 6. The number of halogens is 6. The fraction of sp³-hybridized carbons (Fsp3) is 0.357. The number of carbonyl (C=O) groups excluding carboxylic acids is 3. The van der Waals surface area contributed by atoms with Gasteiger partial charge in [-0.25, -0.2) is 4.79 Å². The predicted octanol–water partition coefficient (Wildman–Crippen LogP) is 1.67. The van der Waals surface area contributed by atoms with Crippen LogP contribution >= 0.6 is 0 Å². The highest BCUT2D eigenvalue weighted by molar-refractivity contribution is 6.09. The molecule has 142 valence electrons. The van der Waals surface area contributed by atoms with E-state index >= 15 is 0 Å². The van der Waals surface area contributed by atoms with Gasteiger partial charge in [0.25, 0.3) is 5.91 Å². The number of hydrogen-bond donors (Lipinski definition) is 2. The van der Waals surface area contributed by atoms with Gasteiger partial charge in [0.15, 0.2) is 0 Å². The second-order valence-electron chi connectivity index (χ2n) is 5.33. The van der Waals surface area contributed by atoms with Crippen molar-refractivity contribution in [3.63, 3.8) is 0 Å². The molecular formula is C14H11F6N3O3. The van der Waals surface area contributed by atoms with Crippen LogP contribution in [-0.2, 0) is 15.1 Å². The molecule has 0 spiro atoms. The Bertz CT molecular complexity index is 719. The Morgan fingerprint density at radius 3 is 2.15 bits per heavy atom. The number of nitrogens with zero attached hydrogens (tertiary/aromatic N) is 1. The van der Waals surface area contributed by atoms with Crippen LogP contribution < -0.4 is 10.6 Å². The summed E-state index contributed by atoms with van der Waals surface area (Å²) >= 11 is 0. The van der Waals surface area contributed by atoms with E-state index in [-0.39, 0.29) is 4.90 Å². The molecule has 0 radical (unpaired) electrons. The Morgan fingerprint density at radius 2 is 1.65 bits per heavy atom. The maximum atomic E-state index is 13.6. The van der Waals surface area contributed by atoms with Crippen molar-refractivity contribution in [2.45, 2.75) is 17.9 Å². The lowest BCUT2D eigenvalue weighted by molar-refractivity contribution is -0.198. The van der Waals surface area contributed by atoms with Gasteiger partial charge < -0.3 is 10.6 Å². The molecule has 26 heavy (non-hydrogen) atoms. The van der Waals surface area contributed by atoms with E-state index in [1.54, 1.807) is 0 Å². The minimum atomic E-state index is -5.25. The summed E-state index contributed by atoms with van der Waals surface area (Å²) in [4.78, 5) is 35.6. The number of benzene rings is 1. The Kier molecular flexibility index (Phi) is 4.88. The molecule has 0 bridgehead atoms. The van der Waals surface area contributed by atoms with Crippen molar-refractivity contribution in [3.05, 3.63) is 35.9 Å². The van der Waals surface area contributed by atoms with Gasteiger partial charge in [-0.1, -0.05) is 30.3 Å². The van der Waals surface area contributed by atoms with Crippen LogP contribution in [0.4, 0.5) is 31.1 Å². The summed E-state index contributed by atoms with van der Waals surface area (Å²) in [6, 6.07) is 4.18. The molecule has 1 aliphatic rings. The first-order chi connectivity index (χ1) is 11.9. The molecule has 1 atom stereocenters. The van der Waals surface area contributed by atoms with Crippen molar-refractivity contribution in [1.82, 2.24) is 15.5 Å². The van der Waals surface area contributed by atoms with Crippen molar-refractivity contribution >= 4 is 17.8 Å². The molecule has 1 unspecified atom stereocenters. The smallest absolute Gasteiger partial charge is 0.345 e. The summed E-state index contributed by atoms with van der Waals surface area (Å²) in [5.74, 6) is -3.24. The predicted molar refractivity (Wildman–Crippen MR) is 73.5 cm³/mol. The third-order valence-corrected chi connectivity index (χ3v) is 3.53. The number of urea groups is 1. The average molecular weight is 383 g/mol. The van der Waals surface area contributed by atoms with Gasteiger partial charge in [0.05, 0.1) is 0 Å². The molecule has 0 saturated carbocycles. The van der Waals surface area contributed by atoms with Gasteiger partial charge in [0, 0.05) is 0 Å². The van der Waals surface area contributed by atoms with Gasteiger partial charge in [-0.2, -0.15) is 26.3 Å². The first kappa shape index (κ1) is 19.5. The second-order valence-corrected chi connectivity index (χ2v) is 5.33. The van der Waals surface area contributed by atoms with Gasteiger partial charge in [-0.05, 0) is 5.56 Å². The number of rotatable bonds is 4. The van der Waals surface area contributed by atoms with Gasteiger partial charge in [0.1, 0.15) is 13.1 Å². The fourth-order valence-corrected chi connectivity index (χ4v) is 2.36. The molecule has 2 rings (SSSR count). The molecule has 0 aromatic heterocycles. The highest BCUT2D eigenvalue weighted by Crippen LogP contribution is 2.43. The van der Waals surface area contributed by atoms with Crippen LogP contribution in [0.2, 0.25) is 0 Å². The lowest BCUT2D eigenvalue weighted by atomic mass is 9.89. The largest absolute Gasteiger partial charge is 0.425 e. The second kappa shape index (κ2) is 6.50. The Hall–Kier alpha value is -2.79. The molecule has 4 amide bonds. The van der Waals surface area contributed by atoms with Gasteiger partial charge in [0.2, 0.25) is 11.4 Å². The maximum absolute atomic E-state index is 13.6. The molecule has 1 heterocycles. The van der Waals surface area contributed by atoms with Crippen LogP contribution in [0.3, 0.4) is 0 Å². The van der Waals surface area contributed by atoms with E-state index in [9.17, 15) is 40.7 Å². The Balaban J connectivity index is 2.29. The van der Waals surface area contributed by atoms with Crippen molar-refractivity contribution < 1.29 is 40.7 Å². The van der Waals surface area contributed by atoms with Crippen LogP contribution in [0.25, 0.3) is 0 Å². The summed E-state index contributed by atoms with van der Waals surface area (Å²) in [7, 11) is 0. The van der Waals surface area contributed by atoms with E-state index in [0.29, 0.717) is 0 Å². The van der Waals surface area contributed by atoms with Crippen molar-refractivity contribution in [2.75, 3.05) is 13.1 Å². The standard InChI is InChI=1S/C14H11F6N3O3/c15-12(16,17)7-21-9(24)6-23-10(25)13(14(18,19)20,22-11(23)26)8-4-2-1-3-5-8/h1-5H,6-7H2,(H,21,24)(H,22,26). The van der Waals surface area contributed by atoms with E-state index in [4.69, 9.17) is 0 Å². The van der Waals surface area contributed by atoms with E-state index in [1.165, 1.54) is 28.8 Å². The fourth-order valence-electron chi connectivity index (χ4n) is 2.36. The highest BCUT2D eigenvalue weighted by atomic mass is 19.4. The third-order valence-electron chi connectivity index (χ3n) is 3.53. The minimum absolute atomic E-state index is 0.0772. The minimum Gasteiger partial charge on any atom is -0.345 e. The maximum Gasteiger partial charge on any atom is 0.425 e. The summed E-state index contributed by atoms with van der Waals surface area (Å²) < 4.78 is 77.1. The van der Waals surface area contributed by atoms with Gasteiger partial charge in [-0.15, -0.1) is 0 Å². The van der Waals surface area contributed by atoms with E-state index in [2.05, 4.69) is 0 Å². The Morgan fingerprint density at radius 1 is 1.08 bits per heavy atom. The molecule has 1 aliphatic heterocycles. The molecule has 0 aliphatic carbocycles. The summed E-state index contributed by atoms with van der Waals surface area (Å²) in [6.45, 7) is -3.04. The van der Waals surface area contributed by atoms with Crippen molar-refractivity contribution in [1.29, 1.82) is 0 Å². The monoisotopic (exact) mass is 383 g/mol. The molecule has 1 aromatic rings.